The molecule has 5 rings (SSSR count). The molecule has 1 aromatic heterocycles. The Hall–Kier alpha value is -3.29. The molecule has 40 heavy (non-hydrogen) atoms. The number of anilines is 1. The summed E-state index contributed by atoms with van der Waals surface area (Å²) in [5.74, 6) is 1.04. The van der Waals surface area contributed by atoms with Crippen molar-refractivity contribution in [2.45, 2.75) is 65.5 Å². The van der Waals surface area contributed by atoms with E-state index in [0.29, 0.717) is 19.1 Å². The highest BCUT2D eigenvalue weighted by molar-refractivity contribution is 5.69. The summed E-state index contributed by atoms with van der Waals surface area (Å²) in [6.45, 7) is 10.3. The normalized spacial score (nSPS) is 17.7. The lowest BCUT2D eigenvalue weighted by atomic mass is 9.87. The number of carbonyl (C=O) groups is 1. The van der Waals surface area contributed by atoms with Crippen molar-refractivity contribution in [3.8, 4) is 11.4 Å². The van der Waals surface area contributed by atoms with E-state index in [9.17, 15) is 9.90 Å². The Labute approximate surface area is 238 Å². The van der Waals surface area contributed by atoms with Gasteiger partial charge in [0.2, 0.25) is 0 Å². The number of piperazine rings is 1. The van der Waals surface area contributed by atoms with Gasteiger partial charge in [-0.25, -0.2) is 9.97 Å². The Morgan fingerprint density at radius 3 is 2.38 bits per heavy atom. The van der Waals surface area contributed by atoms with Crippen LogP contribution in [0.5, 0.6) is 0 Å². The van der Waals surface area contributed by atoms with Crippen LogP contribution in [0.25, 0.3) is 11.4 Å². The lowest BCUT2D eigenvalue weighted by molar-refractivity contribution is -0.138. The first-order valence-corrected chi connectivity index (χ1v) is 14.8. The molecule has 0 radical (unpaired) electrons. The summed E-state index contributed by atoms with van der Waals surface area (Å²) in [5.41, 5.74) is 8.83. The Bertz CT molecular complexity index is 1330. The summed E-state index contributed by atoms with van der Waals surface area (Å²) in [4.78, 5) is 28.7. The molecule has 0 bridgehead atoms. The molecule has 0 spiro atoms. The number of hydrogen-bond donors (Lipinski definition) is 1. The third-order valence-corrected chi connectivity index (χ3v) is 8.72. The molecule has 0 amide bonds. The van der Waals surface area contributed by atoms with Crippen molar-refractivity contribution in [3.63, 3.8) is 0 Å². The van der Waals surface area contributed by atoms with E-state index < -0.39 is 5.97 Å². The van der Waals surface area contributed by atoms with E-state index in [1.54, 1.807) is 0 Å². The number of nitrogens with zero attached hydrogens (tertiary/aromatic N) is 5. The van der Waals surface area contributed by atoms with E-state index >= 15 is 0 Å². The molecule has 0 saturated carbocycles. The van der Waals surface area contributed by atoms with Gasteiger partial charge >= 0.3 is 5.97 Å². The fraction of sp³-hybridized carbons (Fsp3) is 0.485. The average Bonchev–Trinajstić information content (AvgIpc) is 2.97. The molecule has 212 valence electrons. The van der Waals surface area contributed by atoms with Crippen LogP contribution in [-0.2, 0) is 30.6 Å². The maximum Gasteiger partial charge on any atom is 0.317 e. The van der Waals surface area contributed by atoms with Gasteiger partial charge in [0.25, 0.3) is 0 Å². The first kappa shape index (κ1) is 28.2. The zero-order valence-electron chi connectivity index (χ0n) is 24.5. The number of aryl methyl sites for hydroxylation is 4. The Morgan fingerprint density at radius 1 is 1.00 bits per heavy atom. The van der Waals surface area contributed by atoms with Crippen molar-refractivity contribution < 1.29 is 9.90 Å². The van der Waals surface area contributed by atoms with Gasteiger partial charge in [-0.1, -0.05) is 56.3 Å². The van der Waals surface area contributed by atoms with Crippen molar-refractivity contribution in [1.29, 1.82) is 0 Å². The molecule has 1 aliphatic carbocycles. The Morgan fingerprint density at radius 2 is 1.70 bits per heavy atom. The molecule has 1 saturated heterocycles. The molecule has 1 fully saturated rings. The zero-order chi connectivity index (χ0) is 28.2. The standard InChI is InChI=1S/C33H43N5O2/c1-5-24-12-9-13-25(6-2)31(24)32-34-23(3)28(33(35-32)38-19-17-37(18-20-38)22-30(39)40)21-36(4)29-16-10-14-26-11-7-8-15-27(26)29/h7-9,11-13,15,29H,5-6,10,14,16-22H2,1-4H3,(H,39,40)/t29-/m0/s1. The molecule has 3 aromatic rings. The van der Waals surface area contributed by atoms with Crippen LogP contribution >= 0.6 is 0 Å². The van der Waals surface area contributed by atoms with Crippen LogP contribution in [0.4, 0.5) is 5.82 Å². The van der Waals surface area contributed by atoms with Crippen LogP contribution in [-0.4, -0.2) is 70.6 Å². The van der Waals surface area contributed by atoms with Gasteiger partial charge in [0.1, 0.15) is 5.82 Å². The van der Waals surface area contributed by atoms with Gasteiger partial charge in [0.15, 0.2) is 5.82 Å². The van der Waals surface area contributed by atoms with Crippen LogP contribution in [0.3, 0.4) is 0 Å². The van der Waals surface area contributed by atoms with Crippen LogP contribution in [0.1, 0.15) is 66.2 Å². The highest BCUT2D eigenvalue weighted by Crippen LogP contribution is 2.36. The average molecular weight is 542 g/mol. The number of carboxylic acid groups (broad SMARTS) is 1. The molecule has 2 heterocycles. The predicted molar refractivity (Wildman–Crippen MR) is 161 cm³/mol. The summed E-state index contributed by atoms with van der Waals surface area (Å²) < 4.78 is 0. The Balaban J connectivity index is 1.53. The molecule has 1 atom stereocenters. The zero-order valence-corrected chi connectivity index (χ0v) is 24.5. The van der Waals surface area contributed by atoms with E-state index in [-0.39, 0.29) is 6.54 Å². The second kappa shape index (κ2) is 12.5. The summed E-state index contributed by atoms with van der Waals surface area (Å²) in [6.07, 6.45) is 5.37. The van der Waals surface area contributed by atoms with Crippen LogP contribution in [0, 0.1) is 6.92 Å². The van der Waals surface area contributed by atoms with E-state index in [1.807, 2.05) is 4.90 Å². The smallest absolute Gasteiger partial charge is 0.317 e. The second-order valence-electron chi connectivity index (χ2n) is 11.3. The quantitative estimate of drug-likeness (QED) is 0.394. The van der Waals surface area contributed by atoms with E-state index in [1.165, 1.54) is 39.8 Å². The van der Waals surface area contributed by atoms with Gasteiger partial charge in [0.05, 0.1) is 6.54 Å². The second-order valence-corrected chi connectivity index (χ2v) is 11.3. The lowest BCUT2D eigenvalue weighted by Gasteiger charge is -2.37. The first-order valence-electron chi connectivity index (χ1n) is 14.8. The van der Waals surface area contributed by atoms with Crippen molar-refractivity contribution in [1.82, 2.24) is 19.8 Å². The minimum atomic E-state index is -0.771. The number of fused-ring (bicyclic) bond motifs is 1. The SMILES string of the molecule is CCc1cccc(CC)c1-c1nc(C)c(CN(C)[C@H]2CCCc3ccccc32)c(N2CCN(CC(=O)O)CC2)n1. The van der Waals surface area contributed by atoms with E-state index in [0.717, 1.165) is 62.7 Å². The van der Waals surface area contributed by atoms with E-state index in [2.05, 4.69) is 80.1 Å². The summed E-state index contributed by atoms with van der Waals surface area (Å²) >= 11 is 0. The molecule has 0 unspecified atom stereocenters. The van der Waals surface area contributed by atoms with Gasteiger partial charge in [0, 0.05) is 55.6 Å². The molecular weight excluding hydrogens is 498 g/mol. The van der Waals surface area contributed by atoms with Crippen molar-refractivity contribution in [3.05, 3.63) is 76.0 Å². The van der Waals surface area contributed by atoms with Crippen LogP contribution < -0.4 is 4.90 Å². The molecule has 2 aromatic carbocycles. The first-order chi connectivity index (χ1) is 19.4. The maximum atomic E-state index is 11.3. The summed E-state index contributed by atoms with van der Waals surface area (Å²) in [7, 11) is 2.23. The highest BCUT2D eigenvalue weighted by atomic mass is 16.4. The Kier molecular flexibility index (Phi) is 8.81. The van der Waals surface area contributed by atoms with Gasteiger partial charge in [-0.15, -0.1) is 0 Å². The van der Waals surface area contributed by atoms with E-state index in [4.69, 9.17) is 9.97 Å². The van der Waals surface area contributed by atoms with Crippen molar-refractivity contribution in [2.75, 3.05) is 44.7 Å². The third-order valence-electron chi connectivity index (χ3n) is 8.72. The largest absolute Gasteiger partial charge is 0.480 e. The predicted octanol–water partition coefficient (Wildman–Crippen LogP) is 5.29. The van der Waals surface area contributed by atoms with Gasteiger partial charge < -0.3 is 10.0 Å². The molecule has 7 heteroatoms. The maximum absolute atomic E-state index is 11.3. The fourth-order valence-electron chi connectivity index (χ4n) is 6.52. The minimum Gasteiger partial charge on any atom is -0.480 e. The molecule has 7 nitrogen and oxygen atoms in total. The topological polar surface area (TPSA) is 72.8 Å². The number of aromatic nitrogens is 2. The van der Waals surface area contributed by atoms with Crippen LogP contribution in [0.2, 0.25) is 0 Å². The monoisotopic (exact) mass is 541 g/mol. The third kappa shape index (κ3) is 5.91. The van der Waals surface area contributed by atoms with Gasteiger partial charge in [-0.05, 0) is 68.3 Å². The molecule has 1 aliphatic heterocycles. The minimum absolute atomic E-state index is 0.0856. The fourth-order valence-corrected chi connectivity index (χ4v) is 6.52. The number of aliphatic carboxylic acids is 1. The van der Waals surface area contributed by atoms with Gasteiger partial charge in [-0.2, -0.15) is 0 Å². The van der Waals surface area contributed by atoms with Crippen LogP contribution in [0.15, 0.2) is 42.5 Å². The van der Waals surface area contributed by atoms with Crippen molar-refractivity contribution >= 4 is 11.8 Å². The lowest BCUT2D eigenvalue weighted by Crippen LogP contribution is -2.48. The number of carboxylic acids is 1. The summed E-state index contributed by atoms with van der Waals surface area (Å²) in [5, 5.41) is 9.30. The van der Waals surface area contributed by atoms with Gasteiger partial charge in [-0.3, -0.25) is 14.6 Å². The number of hydrogen-bond acceptors (Lipinski definition) is 6. The summed E-state index contributed by atoms with van der Waals surface area (Å²) in [6, 6.07) is 15.8. The molecular formula is C33H43N5O2. The highest BCUT2D eigenvalue weighted by Gasteiger charge is 2.28. The number of benzene rings is 2. The number of rotatable bonds is 9. The molecule has 2 aliphatic rings. The van der Waals surface area contributed by atoms with Crippen molar-refractivity contribution in [2.24, 2.45) is 0 Å². The molecule has 1 N–H and O–H groups in total.